The minimum Gasteiger partial charge on any atom is -0.469 e. The van der Waals surface area contributed by atoms with E-state index in [-0.39, 0.29) is 12.4 Å². The number of nitrogens with two attached hydrogens (primary N) is 1. The van der Waals surface area contributed by atoms with E-state index < -0.39 is 0 Å². The van der Waals surface area contributed by atoms with Crippen LogP contribution in [0.25, 0.3) is 0 Å². The van der Waals surface area contributed by atoms with E-state index in [4.69, 9.17) is 5.73 Å². The summed E-state index contributed by atoms with van der Waals surface area (Å²) in [6, 6.07) is 3.41. The van der Waals surface area contributed by atoms with Gasteiger partial charge in [-0.3, -0.25) is 4.79 Å². The Balaban J connectivity index is 2.87. The average molecular weight is 245 g/mol. The van der Waals surface area contributed by atoms with Gasteiger partial charge in [0.25, 0.3) is 0 Å². The Morgan fingerprint density at radius 3 is 3.00 bits per heavy atom. The van der Waals surface area contributed by atoms with Crippen molar-refractivity contribution in [2.45, 2.75) is 6.42 Å². The maximum atomic E-state index is 10.9. The average Bonchev–Trinajstić information content (AvgIpc) is 2.11. The lowest BCUT2D eigenvalue weighted by atomic mass is 10.3. The molecule has 0 aliphatic heterocycles. The number of ether oxygens (including phenoxy) is 1. The number of aromatic nitrogens is 1. The van der Waals surface area contributed by atoms with Crippen LogP contribution >= 0.6 is 15.9 Å². The quantitative estimate of drug-likeness (QED) is 0.793. The Morgan fingerprint density at radius 2 is 2.38 bits per heavy atom. The van der Waals surface area contributed by atoms with Gasteiger partial charge in [0, 0.05) is 4.47 Å². The molecular formula is C8H9BrN2O2. The van der Waals surface area contributed by atoms with Gasteiger partial charge in [0.15, 0.2) is 0 Å². The fraction of sp³-hybridized carbons (Fsp3) is 0.250. The minimum absolute atomic E-state index is 0.127. The molecule has 5 heteroatoms. The number of pyridine rings is 1. The van der Waals surface area contributed by atoms with Crippen molar-refractivity contribution < 1.29 is 9.53 Å². The van der Waals surface area contributed by atoms with Crippen LogP contribution in [0.1, 0.15) is 5.69 Å². The fourth-order valence-corrected chi connectivity index (χ4v) is 1.20. The summed E-state index contributed by atoms with van der Waals surface area (Å²) in [5, 5.41) is 0. The molecule has 4 nitrogen and oxygen atoms in total. The molecule has 0 radical (unpaired) electrons. The van der Waals surface area contributed by atoms with Crippen LogP contribution in [0, 0.1) is 0 Å². The largest absolute Gasteiger partial charge is 0.469 e. The van der Waals surface area contributed by atoms with E-state index in [0.29, 0.717) is 11.5 Å². The van der Waals surface area contributed by atoms with E-state index in [2.05, 4.69) is 25.7 Å². The van der Waals surface area contributed by atoms with Crippen molar-refractivity contribution in [3.63, 3.8) is 0 Å². The van der Waals surface area contributed by atoms with Gasteiger partial charge >= 0.3 is 5.97 Å². The number of hydrogen-bond donors (Lipinski definition) is 1. The summed E-state index contributed by atoms with van der Waals surface area (Å²) in [7, 11) is 1.34. The van der Waals surface area contributed by atoms with Crippen LogP contribution < -0.4 is 5.73 Å². The van der Waals surface area contributed by atoms with Crippen molar-refractivity contribution in [1.29, 1.82) is 0 Å². The van der Waals surface area contributed by atoms with Crippen LogP contribution in [0.5, 0.6) is 0 Å². The summed E-state index contributed by atoms with van der Waals surface area (Å²) in [5.41, 5.74) is 6.05. The third-order valence-corrected chi connectivity index (χ3v) is 2.20. The number of methoxy groups -OCH3 is 1. The van der Waals surface area contributed by atoms with E-state index >= 15 is 0 Å². The van der Waals surface area contributed by atoms with Crippen molar-refractivity contribution in [3.05, 3.63) is 22.3 Å². The number of hydrogen-bond acceptors (Lipinski definition) is 4. The van der Waals surface area contributed by atoms with Gasteiger partial charge in [-0.25, -0.2) is 4.98 Å². The summed E-state index contributed by atoms with van der Waals surface area (Å²) in [6.07, 6.45) is 0.127. The van der Waals surface area contributed by atoms with Crippen LogP contribution in [0.3, 0.4) is 0 Å². The van der Waals surface area contributed by atoms with Gasteiger partial charge in [0.05, 0.1) is 19.2 Å². The molecule has 1 aromatic heterocycles. The first-order valence-corrected chi connectivity index (χ1v) is 4.40. The van der Waals surface area contributed by atoms with Gasteiger partial charge in [0.1, 0.15) is 5.82 Å². The van der Waals surface area contributed by atoms with Gasteiger partial charge < -0.3 is 10.5 Å². The highest BCUT2D eigenvalue weighted by atomic mass is 79.9. The number of carbonyl (C=O) groups excluding carboxylic acids is 1. The number of carbonyl (C=O) groups is 1. The van der Waals surface area contributed by atoms with Crippen molar-refractivity contribution in [1.82, 2.24) is 4.98 Å². The number of nitrogens with zero attached hydrogens (tertiary/aromatic N) is 1. The third-order valence-electron chi connectivity index (χ3n) is 1.48. The lowest BCUT2D eigenvalue weighted by Crippen LogP contribution is -2.07. The first-order chi connectivity index (χ1) is 6.13. The van der Waals surface area contributed by atoms with Gasteiger partial charge in [-0.15, -0.1) is 0 Å². The van der Waals surface area contributed by atoms with Gasteiger partial charge in [-0.2, -0.15) is 0 Å². The molecule has 0 amide bonds. The number of halogens is 1. The first kappa shape index (κ1) is 9.98. The molecule has 70 valence electrons. The molecule has 1 aromatic rings. The predicted octanol–water partition coefficient (Wildman–Crippen LogP) is 1.14. The lowest BCUT2D eigenvalue weighted by Gasteiger charge is -2.02. The standard InChI is InChI=1S/C8H9BrN2O2/c1-13-8(12)4-6-5(9)2-3-7(10)11-6/h2-3H,4H2,1H3,(H2,10,11). The van der Waals surface area contributed by atoms with Gasteiger partial charge in [-0.05, 0) is 28.1 Å². The van der Waals surface area contributed by atoms with Gasteiger partial charge in [0.2, 0.25) is 0 Å². The monoisotopic (exact) mass is 244 g/mol. The summed E-state index contributed by atoms with van der Waals surface area (Å²) >= 11 is 3.26. The molecule has 2 N–H and O–H groups in total. The maximum absolute atomic E-state index is 10.9. The smallest absolute Gasteiger partial charge is 0.311 e. The molecule has 0 atom stereocenters. The zero-order chi connectivity index (χ0) is 9.84. The van der Waals surface area contributed by atoms with E-state index in [0.717, 1.165) is 4.47 Å². The van der Waals surface area contributed by atoms with Crippen LogP contribution in [-0.2, 0) is 16.0 Å². The van der Waals surface area contributed by atoms with E-state index in [1.54, 1.807) is 12.1 Å². The highest BCUT2D eigenvalue weighted by molar-refractivity contribution is 9.10. The lowest BCUT2D eigenvalue weighted by molar-refractivity contribution is -0.139. The van der Waals surface area contributed by atoms with Gasteiger partial charge in [-0.1, -0.05) is 0 Å². The SMILES string of the molecule is COC(=O)Cc1nc(N)ccc1Br. The molecule has 0 aliphatic carbocycles. The van der Waals surface area contributed by atoms with Crippen molar-refractivity contribution >= 4 is 27.7 Å². The molecule has 1 rings (SSSR count). The minimum atomic E-state index is -0.334. The summed E-state index contributed by atoms with van der Waals surface area (Å²) in [4.78, 5) is 14.9. The van der Waals surface area contributed by atoms with Crippen LogP contribution in [0.4, 0.5) is 5.82 Å². The Labute approximate surface area is 84.2 Å². The number of anilines is 1. The molecular weight excluding hydrogens is 236 g/mol. The second-order valence-corrected chi connectivity index (χ2v) is 3.27. The van der Waals surface area contributed by atoms with Crippen molar-refractivity contribution in [3.8, 4) is 0 Å². The zero-order valence-electron chi connectivity index (χ0n) is 7.08. The molecule has 1 heterocycles. The van der Waals surface area contributed by atoms with Crippen LogP contribution in [0.15, 0.2) is 16.6 Å². The Morgan fingerprint density at radius 1 is 1.69 bits per heavy atom. The molecule has 0 fully saturated rings. The van der Waals surface area contributed by atoms with Crippen LogP contribution in [-0.4, -0.2) is 18.1 Å². The highest BCUT2D eigenvalue weighted by Gasteiger charge is 2.08. The van der Waals surface area contributed by atoms with E-state index in [1.807, 2.05) is 0 Å². The molecule has 0 unspecified atom stereocenters. The normalized spacial score (nSPS) is 9.69. The van der Waals surface area contributed by atoms with Crippen LogP contribution in [0.2, 0.25) is 0 Å². The molecule has 13 heavy (non-hydrogen) atoms. The zero-order valence-corrected chi connectivity index (χ0v) is 8.67. The first-order valence-electron chi connectivity index (χ1n) is 3.61. The Hall–Kier alpha value is -1.10. The van der Waals surface area contributed by atoms with Crippen molar-refractivity contribution in [2.24, 2.45) is 0 Å². The van der Waals surface area contributed by atoms with Crippen molar-refractivity contribution in [2.75, 3.05) is 12.8 Å². The summed E-state index contributed by atoms with van der Waals surface area (Å²) in [6.45, 7) is 0. The number of esters is 1. The summed E-state index contributed by atoms with van der Waals surface area (Å²) in [5.74, 6) is 0.0564. The second kappa shape index (κ2) is 4.23. The Kier molecular flexibility index (Phi) is 3.25. The number of rotatable bonds is 2. The molecule has 0 aliphatic rings. The summed E-state index contributed by atoms with van der Waals surface area (Å²) < 4.78 is 5.26. The van der Waals surface area contributed by atoms with E-state index in [9.17, 15) is 4.79 Å². The molecule has 0 saturated heterocycles. The fourth-order valence-electron chi connectivity index (χ4n) is 0.834. The molecule has 0 aromatic carbocycles. The highest BCUT2D eigenvalue weighted by Crippen LogP contribution is 2.16. The topological polar surface area (TPSA) is 65.2 Å². The molecule has 0 spiro atoms. The maximum Gasteiger partial charge on any atom is 0.311 e. The Bertz CT molecular complexity index is 328. The number of nitrogen functional groups attached to an aromatic ring is 1. The molecule has 0 bridgehead atoms. The predicted molar refractivity (Wildman–Crippen MR) is 52.1 cm³/mol. The second-order valence-electron chi connectivity index (χ2n) is 2.42. The molecule has 0 saturated carbocycles. The van der Waals surface area contributed by atoms with E-state index in [1.165, 1.54) is 7.11 Å². The third kappa shape index (κ3) is 2.69.